The van der Waals surface area contributed by atoms with Crippen molar-refractivity contribution in [3.05, 3.63) is 34.4 Å². The van der Waals surface area contributed by atoms with Gasteiger partial charge in [0, 0.05) is 32.2 Å². The summed E-state index contributed by atoms with van der Waals surface area (Å²) >= 11 is 0. The number of hydrogen-bond donors (Lipinski definition) is 1. The minimum atomic E-state index is 0.620. The van der Waals surface area contributed by atoms with Crippen LogP contribution in [0, 0.1) is 20.8 Å². The van der Waals surface area contributed by atoms with Gasteiger partial charge in [-0.2, -0.15) is 0 Å². The van der Waals surface area contributed by atoms with E-state index in [1.165, 1.54) is 22.3 Å². The standard InChI is InChI=1S/C15H24N2/c1-11-7-12(2)15(13(3)8-11)10-17-6-5-16-14(4)9-17/h7-8,14,16H,5-6,9-10H2,1-4H3. The van der Waals surface area contributed by atoms with Crippen LogP contribution in [0.4, 0.5) is 0 Å². The van der Waals surface area contributed by atoms with E-state index >= 15 is 0 Å². The Balaban J connectivity index is 2.12. The van der Waals surface area contributed by atoms with Gasteiger partial charge in [-0.1, -0.05) is 17.7 Å². The van der Waals surface area contributed by atoms with Gasteiger partial charge in [-0.05, 0) is 44.4 Å². The molecule has 1 N–H and O–H groups in total. The molecule has 17 heavy (non-hydrogen) atoms. The van der Waals surface area contributed by atoms with Crippen LogP contribution in [-0.2, 0) is 6.54 Å². The number of nitrogens with one attached hydrogen (secondary N) is 1. The van der Waals surface area contributed by atoms with Crippen molar-refractivity contribution in [1.29, 1.82) is 0 Å². The van der Waals surface area contributed by atoms with Gasteiger partial charge in [0.2, 0.25) is 0 Å². The van der Waals surface area contributed by atoms with E-state index in [1.807, 2.05) is 0 Å². The molecule has 2 rings (SSSR count). The van der Waals surface area contributed by atoms with Gasteiger partial charge in [0.1, 0.15) is 0 Å². The fourth-order valence-corrected chi connectivity index (χ4v) is 2.84. The molecule has 94 valence electrons. The molecule has 0 aromatic heterocycles. The molecule has 0 saturated carbocycles. The molecule has 1 aliphatic rings. The van der Waals surface area contributed by atoms with Crippen molar-refractivity contribution >= 4 is 0 Å². The Morgan fingerprint density at radius 2 is 1.88 bits per heavy atom. The van der Waals surface area contributed by atoms with Crippen LogP contribution in [0.1, 0.15) is 29.2 Å². The molecule has 2 nitrogen and oxygen atoms in total. The third kappa shape index (κ3) is 3.08. The van der Waals surface area contributed by atoms with Crippen LogP contribution < -0.4 is 5.32 Å². The maximum Gasteiger partial charge on any atom is 0.0240 e. The van der Waals surface area contributed by atoms with Crippen molar-refractivity contribution in [2.45, 2.75) is 40.3 Å². The lowest BCUT2D eigenvalue weighted by molar-refractivity contribution is 0.199. The first-order valence-corrected chi connectivity index (χ1v) is 6.58. The topological polar surface area (TPSA) is 15.3 Å². The van der Waals surface area contributed by atoms with Crippen LogP contribution in [-0.4, -0.2) is 30.6 Å². The molecule has 1 aromatic rings. The highest BCUT2D eigenvalue weighted by Crippen LogP contribution is 2.19. The first-order valence-electron chi connectivity index (χ1n) is 6.58. The van der Waals surface area contributed by atoms with E-state index in [9.17, 15) is 0 Å². The summed E-state index contributed by atoms with van der Waals surface area (Å²) in [5, 5.41) is 3.49. The van der Waals surface area contributed by atoms with Gasteiger partial charge in [-0.25, -0.2) is 0 Å². The molecule has 1 unspecified atom stereocenters. The van der Waals surface area contributed by atoms with E-state index in [4.69, 9.17) is 0 Å². The molecule has 0 bridgehead atoms. The number of aryl methyl sites for hydroxylation is 3. The van der Waals surface area contributed by atoms with E-state index in [0.717, 1.165) is 26.2 Å². The summed E-state index contributed by atoms with van der Waals surface area (Å²) in [5.74, 6) is 0. The van der Waals surface area contributed by atoms with Gasteiger partial charge < -0.3 is 5.32 Å². The first-order chi connectivity index (χ1) is 8.06. The van der Waals surface area contributed by atoms with Gasteiger partial charge in [0.15, 0.2) is 0 Å². The van der Waals surface area contributed by atoms with Crippen LogP contribution in [0.2, 0.25) is 0 Å². The number of piperazine rings is 1. The van der Waals surface area contributed by atoms with Gasteiger partial charge >= 0.3 is 0 Å². The van der Waals surface area contributed by atoms with Crippen LogP contribution in [0.5, 0.6) is 0 Å². The summed E-state index contributed by atoms with van der Waals surface area (Å²) in [5.41, 5.74) is 5.77. The largest absolute Gasteiger partial charge is 0.312 e. The number of hydrogen-bond acceptors (Lipinski definition) is 2. The average molecular weight is 232 g/mol. The summed E-state index contributed by atoms with van der Waals surface area (Å²) in [7, 11) is 0. The Kier molecular flexibility index (Phi) is 3.85. The highest BCUT2D eigenvalue weighted by atomic mass is 15.2. The highest BCUT2D eigenvalue weighted by Gasteiger charge is 2.17. The van der Waals surface area contributed by atoms with Crippen LogP contribution in [0.25, 0.3) is 0 Å². The number of nitrogens with zero attached hydrogens (tertiary/aromatic N) is 1. The average Bonchev–Trinajstić information content (AvgIpc) is 2.23. The zero-order valence-corrected chi connectivity index (χ0v) is 11.5. The van der Waals surface area contributed by atoms with Gasteiger partial charge in [-0.15, -0.1) is 0 Å². The molecular weight excluding hydrogens is 208 g/mol. The summed E-state index contributed by atoms with van der Waals surface area (Å²) in [4.78, 5) is 2.56. The summed E-state index contributed by atoms with van der Waals surface area (Å²) < 4.78 is 0. The maximum absolute atomic E-state index is 3.49. The smallest absolute Gasteiger partial charge is 0.0240 e. The first kappa shape index (κ1) is 12.6. The molecule has 1 aliphatic heterocycles. The van der Waals surface area contributed by atoms with Crippen molar-refractivity contribution in [2.24, 2.45) is 0 Å². The van der Waals surface area contributed by atoms with Crippen molar-refractivity contribution in [3.8, 4) is 0 Å². The Bertz CT molecular complexity index is 375. The number of rotatable bonds is 2. The molecule has 1 fully saturated rings. The van der Waals surface area contributed by atoms with Crippen LogP contribution in [0.3, 0.4) is 0 Å². The minimum absolute atomic E-state index is 0.620. The Morgan fingerprint density at radius 3 is 2.47 bits per heavy atom. The molecule has 0 amide bonds. The molecule has 1 saturated heterocycles. The van der Waals surface area contributed by atoms with E-state index in [0.29, 0.717) is 6.04 Å². The molecule has 0 spiro atoms. The molecule has 2 heteroatoms. The van der Waals surface area contributed by atoms with Crippen molar-refractivity contribution in [2.75, 3.05) is 19.6 Å². The van der Waals surface area contributed by atoms with E-state index < -0.39 is 0 Å². The molecule has 1 atom stereocenters. The molecule has 0 aliphatic carbocycles. The van der Waals surface area contributed by atoms with Gasteiger partial charge in [-0.3, -0.25) is 4.90 Å². The summed E-state index contributed by atoms with van der Waals surface area (Å²) in [6, 6.07) is 5.22. The second kappa shape index (κ2) is 5.19. The fourth-order valence-electron chi connectivity index (χ4n) is 2.84. The van der Waals surface area contributed by atoms with Crippen molar-refractivity contribution in [3.63, 3.8) is 0 Å². The summed E-state index contributed by atoms with van der Waals surface area (Å²) in [6.07, 6.45) is 0. The zero-order chi connectivity index (χ0) is 12.4. The molecule has 1 aromatic carbocycles. The highest BCUT2D eigenvalue weighted by molar-refractivity contribution is 5.37. The zero-order valence-electron chi connectivity index (χ0n) is 11.5. The van der Waals surface area contributed by atoms with Crippen molar-refractivity contribution < 1.29 is 0 Å². The second-order valence-electron chi connectivity index (χ2n) is 5.47. The lowest BCUT2D eigenvalue weighted by Gasteiger charge is -2.32. The normalized spacial score (nSPS) is 21.8. The minimum Gasteiger partial charge on any atom is -0.312 e. The van der Waals surface area contributed by atoms with E-state index in [2.05, 4.69) is 50.0 Å². The predicted molar refractivity (Wildman–Crippen MR) is 73.4 cm³/mol. The van der Waals surface area contributed by atoms with Crippen molar-refractivity contribution in [1.82, 2.24) is 10.2 Å². The molecular formula is C15H24N2. The Morgan fingerprint density at radius 1 is 1.24 bits per heavy atom. The van der Waals surface area contributed by atoms with Gasteiger partial charge in [0.05, 0.1) is 0 Å². The molecule has 1 heterocycles. The van der Waals surface area contributed by atoms with Crippen LogP contribution in [0.15, 0.2) is 12.1 Å². The monoisotopic (exact) mass is 232 g/mol. The van der Waals surface area contributed by atoms with E-state index in [1.54, 1.807) is 0 Å². The second-order valence-corrected chi connectivity index (χ2v) is 5.47. The lowest BCUT2D eigenvalue weighted by Crippen LogP contribution is -2.48. The maximum atomic E-state index is 3.49. The third-order valence-corrected chi connectivity index (χ3v) is 3.67. The fraction of sp³-hybridized carbons (Fsp3) is 0.600. The quantitative estimate of drug-likeness (QED) is 0.842. The van der Waals surface area contributed by atoms with E-state index in [-0.39, 0.29) is 0 Å². The number of benzene rings is 1. The third-order valence-electron chi connectivity index (χ3n) is 3.67. The Hall–Kier alpha value is -0.860. The lowest BCUT2D eigenvalue weighted by atomic mass is 9.99. The van der Waals surface area contributed by atoms with Crippen LogP contribution >= 0.6 is 0 Å². The Labute approximate surface area is 105 Å². The SMILES string of the molecule is Cc1cc(C)c(CN2CCNC(C)C2)c(C)c1. The summed E-state index contributed by atoms with van der Waals surface area (Å²) in [6.45, 7) is 13.5. The molecule has 0 radical (unpaired) electrons. The van der Waals surface area contributed by atoms with Gasteiger partial charge in [0.25, 0.3) is 0 Å². The predicted octanol–water partition coefficient (Wildman–Crippen LogP) is 2.41.